The third kappa shape index (κ3) is 3.45. The van der Waals surface area contributed by atoms with Crippen molar-refractivity contribution in [3.63, 3.8) is 0 Å². The summed E-state index contributed by atoms with van der Waals surface area (Å²) in [7, 11) is 0. The van der Waals surface area contributed by atoms with Crippen LogP contribution in [0.1, 0.15) is 12.8 Å². The Kier molecular flexibility index (Phi) is 4.65. The second kappa shape index (κ2) is 7.60. The van der Waals surface area contributed by atoms with Gasteiger partial charge in [-0.25, -0.2) is 4.98 Å². The molecule has 5 rings (SSSR count). The number of aromatic nitrogens is 5. The monoisotopic (exact) mass is 385 g/mol. The van der Waals surface area contributed by atoms with Crippen molar-refractivity contribution in [2.75, 3.05) is 24.5 Å². The van der Waals surface area contributed by atoms with E-state index < -0.39 is 0 Å². The largest absolute Gasteiger partial charge is 0.357 e. The molecule has 4 aromatic rings. The number of rotatable bonds is 4. The van der Waals surface area contributed by atoms with Crippen LogP contribution in [0, 0.1) is 5.92 Å². The average Bonchev–Trinajstić information content (AvgIpc) is 3.23. The highest BCUT2D eigenvalue weighted by atomic mass is 15.2. The SMILES string of the molecule is NCC1CCN(c2cccc(-c3n[nH]c4cnc(-c5cccnc5)cc34)n2)CC1. The highest BCUT2D eigenvalue weighted by molar-refractivity contribution is 5.93. The molecule has 7 nitrogen and oxygen atoms in total. The van der Waals surface area contributed by atoms with E-state index in [4.69, 9.17) is 10.7 Å². The van der Waals surface area contributed by atoms with Gasteiger partial charge in [0.2, 0.25) is 0 Å². The van der Waals surface area contributed by atoms with E-state index in [9.17, 15) is 0 Å². The summed E-state index contributed by atoms with van der Waals surface area (Å²) in [5.74, 6) is 1.62. The highest BCUT2D eigenvalue weighted by Crippen LogP contribution is 2.29. The van der Waals surface area contributed by atoms with E-state index in [2.05, 4.69) is 37.2 Å². The standard InChI is InChI=1S/C22H23N7/c23-12-15-6-9-29(10-7-15)21-5-1-4-18(26-21)22-17-11-19(16-3-2-8-24-13-16)25-14-20(17)27-28-22/h1-5,8,11,13-15H,6-7,9-10,12,23H2,(H,27,28). The minimum absolute atomic E-state index is 0.628. The summed E-state index contributed by atoms with van der Waals surface area (Å²) in [5.41, 5.74) is 10.3. The summed E-state index contributed by atoms with van der Waals surface area (Å²) >= 11 is 0. The van der Waals surface area contributed by atoms with Gasteiger partial charge in [-0.15, -0.1) is 0 Å². The van der Waals surface area contributed by atoms with E-state index in [1.807, 2.05) is 36.7 Å². The van der Waals surface area contributed by atoms with E-state index >= 15 is 0 Å². The van der Waals surface area contributed by atoms with E-state index in [-0.39, 0.29) is 0 Å². The number of aromatic amines is 1. The van der Waals surface area contributed by atoms with Gasteiger partial charge in [0.1, 0.15) is 11.5 Å². The average molecular weight is 385 g/mol. The molecular weight excluding hydrogens is 362 g/mol. The summed E-state index contributed by atoms with van der Waals surface area (Å²) in [6.45, 7) is 2.76. The first-order chi connectivity index (χ1) is 14.3. The Bertz CT molecular complexity index is 1110. The summed E-state index contributed by atoms with van der Waals surface area (Å²) < 4.78 is 0. The molecule has 0 amide bonds. The van der Waals surface area contributed by atoms with Crippen molar-refractivity contribution >= 4 is 16.7 Å². The predicted octanol–water partition coefficient (Wildman–Crippen LogP) is 3.26. The fourth-order valence-electron chi connectivity index (χ4n) is 3.91. The molecule has 4 aromatic heterocycles. The molecule has 0 atom stereocenters. The Morgan fingerprint density at radius 1 is 1.07 bits per heavy atom. The minimum Gasteiger partial charge on any atom is -0.357 e. The van der Waals surface area contributed by atoms with Crippen molar-refractivity contribution in [2.24, 2.45) is 11.7 Å². The van der Waals surface area contributed by atoms with Crippen LogP contribution in [0.4, 0.5) is 5.82 Å². The molecule has 0 spiro atoms. The van der Waals surface area contributed by atoms with Crippen LogP contribution in [0.25, 0.3) is 33.5 Å². The van der Waals surface area contributed by atoms with Crippen molar-refractivity contribution < 1.29 is 0 Å². The van der Waals surface area contributed by atoms with Crippen molar-refractivity contribution in [1.82, 2.24) is 25.1 Å². The Balaban J connectivity index is 1.49. The number of H-pyrrole nitrogens is 1. The Morgan fingerprint density at radius 2 is 1.97 bits per heavy atom. The first kappa shape index (κ1) is 17.8. The molecule has 3 N–H and O–H groups in total. The number of fused-ring (bicyclic) bond motifs is 1. The first-order valence-corrected chi connectivity index (χ1v) is 9.99. The molecule has 1 aliphatic rings. The lowest BCUT2D eigenvalue weighted by atomic mass is 9.97. The molecule has 0 radical (unpaired) electrons. The fourth-order valence-corrected chi connectivity index (χ4v) is 3.91. The zero-order valence-corrected chi connectivity index (χ0v) is 16.1. The van der Waals surface area contributed by atoms with Gasteiger partial charge in [-0.3, -0.25) is 15.1 Å². The topological polar surface area (TPSA) is 96.6 Å². The van der Waals surface area contributed by atoms with Crippen molar-refractivity contribution in [2.45, 2.75) is 12.8 Å². The second-order valence-electron chi connectivity index (χ2n) is 7.48. The molecule has 1 fully saturated rings. The van der Waals surface area contributed by atoms with Gasteiger partial charge < -0.3 is 10.6 Å². The Labute approximate surface area is 169 Å². The van der Waals surface area contributed by atoms with Gasteiger partial charge in [0.15, 0.2) is 0 Å². The zero-order valence-electron chi connectivity index (χ0n) is 16.1. The molecule has 0 aliphatic carbocycles. The van der Waals surface area contributed by atoms with E-state index in [1.165, 1.54) is 0 Å². The molecule has 0 bridgehead atoms. The summed E-state index contributed by atoms with van der Waals surface area (Å²) in [5, 5.41) is 8.62. The van der Waals surface area contributed by atoms with Gasteiger partial charge in [0, 0.05) is 36.4 Å². The Hall–Kier alpha value is -3.32. The number of hydrogen-bond acceptors (Lipinski definition) is 6. The lowest BCUT2D eigenvalue weighted by molar-refractivity contribution is 0.413. The van der Waals surface area contributed by atoms with Crippen LogP contribution in [-0.2, 0) is 0 Å². The minimum atomic E-state index is 0.628. The van der Waals surface area contributed by atoms with Crippen LogP contribution < -0.4 is 10.6 Å². The van der Waals surface area contributed by atoms with Gasteiger partial charge >= 0.3 is 0 Å². The predicted molar refractivity (Wildman–Crippen MR) is 114 cm³/mol. The van der Waals surface area contributed by atoms with Gasteiger partial charge in [0.05, 0.1) is 23.1 Å². The summed E-state index contributed by atoms with van der Waals surface area (Å²) in [4.78, 5) is 16.0. The summed E-state index contributed by atoms with van der Waals surface area (Å²) in [6.07, 6.45) is 7.63. The molecule has 29 heavy (non-hydrogen) atoms. The smallest absolute Gasteiger partial charge is 0.129 e. The molecule has 7 heteroatoms. The normalized spacial score (nSPS) is 15.1. The van der Waals surface area contributed by atoms with Gasteiger partial charge in [-0.05, 0) is 55.6 Å². The maximum absolute atomic E-state index is 5.83. The van der Waals surface area contributed by atoms with Crippen LogP contribution in [0.15, 0.2) is 55.0 Å². The van der Waals surface area contributed by atoms with Crippen LogP contribution in [-0.4, -0.2) is 44.8 Å². The van der Waals surface area contributed by atoms with E-state index in [0.717, 1.165) is 71.8 Å². The van der Waals surface area contributed by atoms with E-state index in [0.29, 0.717) is 5.92 Å². The number of pyridine rings is 3. The van der Waals surface area contributed by atoms with Crippen LogP contribution >= 0.6 is 0 Å². The zero-order chi connectivity index (χ0) is 19.6. The lowest BCUT2D eigenvalue weighted by Gasteiger charge is -2.32. The molecule has 1 aliphatic heterocycles. The second-order valence-corrected chi connectivity index (χ2v) is 7.48. The van der Waals surface area contributed by atoms with E-state index in [1.54, 1.807) is 6.20 Å². The number of nitrogens with one attached hydrogen (secondary N) is 1. The van der Waals surface area contributed by atoms with Gasteiger partial charge in [-0.2, -0.15) is 5.10 Å². The molecular formula is C22H23N7. The third-order valence-electron chi connectivity index (χ3n) is 5.65. The van der Waals surface area contributed by atoms with Crippen molar-refractivity contribution in [3.05, 3.63) is 55.0 Å². The summed E-state index contributed by atoms with van der Waals surface area (Å²) in [6, 6.07) is 12.1. The first-order valence-electron chi connectivity index (χ1n) is 9.99. The third-order valence-corrected chi connectivity index (χ3v) is 5.65. The number of hydrogen-bond donors (Lipinski definition) is 2. The molecule has 1 saturated heterocycles. The quantitative estimate of drug-likeness (QED) is 0.560. The van der Waals surface area contributed by atoms with Crippen LogP contribution in [0.5, 0.6) is 0 Å². The number of anilines is 1. The molecule has 0 saturated carbocycles. The maximum Gasteiger partial charge on any atom is 0.129 e. The van der Waals surface area contributed by atoms with Crippen LogP contribution in [0.3, 0.4) is 0 Å². The number of nitrogens with zero attached hydrogens (tertiary/aromatic N) is 5. The molecule has 0 unspecified atom stereocenters. The number of nitrogens with two attached hydrogens (primary N) is 1. The van der Waals surface area contributed by atoms with Crippen LogP contribution in [0.2, 0.25) is 0 Å². The van der Waals surface area contributed by atoms with Gasteiger partial charge in [-0.1, -0.05) is 6.07 Å². The van der Waals surface area contributed by atoms with Crippen molar-refractivity contribution in [1.29, 1.82) is 0 Å². The molecule has 5 heterocycles. The fraction of sp³-hybridized carbons (Fsp3) is 0.273. The lowest BCUT2D eigenvalue weighted by Crippen LogP contribution is -2.36. The Morgan fingerprint density at radius 3 is 2.76 bits per heavy atom. The number of piperidine rings is 1. The van der Waals surface area contributed by atoms with Gasteiger partial charge in [0.25, 0.3) is 0 Å². The molecule has 146 valence electrons. The highest BCUT2D eigenvalue weighted by Gasteiger charge is 2.20. The van der Waals surface area contributed by atoms with Crippen molar-refractivity contribution in [3.8, 4) is 22.6 Å². The molecule has 0 aromatic carbocycles. The maximum atomic E-state index is 5.83.